The van der Waals surface area contributed by atoms with Crippen LogP contribution in [0.1, 0.15) is 57.2 Å². The van der Waals surface area contributed by atoms with E-state index in [-0.39, 0.29) is 5.91 Å². The molecule has 7 heteroatoms. The summed E-state index contributed by atoms with van der Waals surface area (Å²) in [4.78, 5) is 17.3. The SMILES string of the molecule is CN(C(=O)CSc1nnc(CN2CCCCC2)n1-c1ccccc1)C1CCCCC1. The molecule has 1 saturated heterocycles. The van der Waals surface area contributed by atoms with Crippen molar-refractivity contribution in [1.29, 1.82) is 0 Å². The van der Waals surface area contributed by atoms with Crippen LogP contribution in [0.15, 0.2) is 35.5 Å². The van der Waals surface area contributed by atoms with Crippen molar-refractivity contribution in [3.63, 3.8) is 0 Å². The highest BCUT2D eigenvalue weighted by molar-refractivity contribution is 7.99. The molecule has 6 nitrogen and oxygen atoms in total. The van der Waals surface area contributed by atoms with Crippen LogP contribution >= 0.6 is 11.8 Å². The van der Waals surface area contributed by atoms with E-state index in [9.17, 15) is 4.79 Å². The fraction of sp³-hybridized carbons (Fsp3) is 0.609. The van der Waals surface area contributed by atoms with Gasteiger partial charge in [-0.2, -0.15) is 0 Å². The van der Waals surface area contributed by atoms with Gasteiger partial charge in [0, 0.05) is 18.8 Å². The summed E-state index contributed by atoms with van der Waals surface area (Å²) in [6.07, 6.45) is 9.86. The van der Waals surface area contributed by atoms with Crippen LogP contribution in [-0.4, -0.2) is 62.4 Å². The second kappa shape index (κ2) is 10.4. The lowest BCUT2D eigenvalue weighted by atomic mass is 9.94. The summed E-state index contributed by atoms with van der Waals surface area (Å²) in [5.74, 6) is 1.55. The number of carbonyl (C=O) groups excluding carboxylic acids is 1. The fourth-order valence-electron chi connectivity index (χ4n) is 4.55. The van der Waals surface area contributed by atoms with Crippen molar-refractivity contribution in [2.24, 2.45) is 0 Å². The van der Waals surface area contributed by atoms with Gasteiger partial charge < -0.3 is 4.90 Å². The van der Waals surface area contributed by atoms with Crippen molar-refractivity contribution < 1.29 is 4.79 Å². The number of hydrogen-bond donors (Lipinski definition) is 0. The molecule has 4 rings (SSSR count). The maximum atomic E-state index is 12.8. The third-order valence-corrected chi connectivity index (χ3v) is 7.28. The molecule has 1 amide bonds. The van der Waals surface area contributed by atoms with Gasteiger partial charge in [-0.1, -0.05) is 55.6 Å². The third kappa shape index (κ3) is 5.24. The number of carbonyl (C=O) groups is 1. The van der Waals surface area contributed by atoms with Crippen molar-refractivity contribution >= 4 is 17.7 Å². The zero-order valence-electron chi connectivity index (χ0n) is 18.0. The molecule has 0 atom stereocenters. The predicted molar refractivity (Wildman–Crippen MR) is 121 cm³/mol. The molecule has 0 bridgehead atoms. The van der Waals surface area contributed by atoms with Crippen LogP contribution in [0.5, 0.6) is 0 Å². The molecule has 0 unspecified atom stereocenters. The summed E-state index contributed by atoms with van der Waals surface area (Å²) >= 11 is 1.50. The number of rotatable bonds is 7. The van der Waals surface area contributed by atoms with Crippen LogP contribution in [0, 0.1) is 0 Å². The largest absolute Gasteiger partial charge is 0.342 e. The maximum absolute atomic E-state index is 12.8. The number of amides is 1. The molecule has 0 spiro atoms. The molecule has 30 heavy (non-hydrogen) atoms. The van der Waals surface area contributed by atoms with Gasteiger partial charge in [0.25, 0.3) is 0 Å². The van der Waals surface area contributed by atoms with Gasteiger partial charge in [0.1, 0.15) is 0 Å². The molecular weight excluding hydrogens is 394 g/mol. The Labute approximate surface area is 184 Å². The first-order valence-electron chi connectivity index (χ1n) is 11.3. The zero-order chi connectivity index (χ0) is 20.8. The number of nitrogens with zero attached hydrogens (tertiary/aromatic N) is 5. The summed E-state index contributed by atoms with van der Waals surface area (Å²) < 4.78 is 2.13. The van der Waals surface area contributed by atoms with E-state index in [0.29, 0.717) is 11.8 Å². The molecule has 162 valence electrons. The van der Waals surface area contributed by atoms with Crippen LogP contribution < -0.4 is 0 Å². The lowest BCUT2D eigenvalue weighted by Crippen LogP contribution is -2.39. The molecule has 0 radical (unpaired) electrons. The number of aromatic nitrogens is 3. The average molecular weight is 428 g/mol. The quantitative estimate of drug-likeness (QED) is 0.622. The fourth-order valence-corrected chi connectivity index (χ4v) is 5.44. The van der Waals surface area contributed by atoms with Gasteiger partial charge in [-0.3, -0.25) is 14.3 Å². The topological polar surface area (TPSA) is 54.3 Å². The lowest BCUT2D eigenvalue weighted by Gasteiger charge is -2.31. The minimum atomic E-state index is 0.187. The average Bonchev–Trinajstić information content (AvgIpc) is 3.21. The first kappa shape index (κ1) is 21.4. The van der Waals surface area contributed by atoms with Crippen LogP contribution in [0.25, 0.3) is 5.69 Å². The zero-order valence-corrected chi connectivity index (χ0v) is 18.8. The van der Waals surface area contributed by atoms with E-state index >= 15 is 0 Å². The molecule has 1 saturated carbocycles. The van der Waals surface area contributed by atoms with E-state index < -0.39 is 0 Å². The standard InChI is InChI=1S/C23H33N5OS/c1-26(19-11-5-2-6-12-19)22(29)18-30-23-25-24-21(17-27-15-9-4-10-16-27)28(23)20-13-7-3-8-14-20/h3,7-8,13-14,19H,2,4-6,9-12,15-18H2,1H3. The van der Waals surface area contributed by atoms with Crippen LogP contribution in [0.3, 0.4) is 0 Å². The maximum Gasteiger partial charge on any atom is 0.233 e. The molecule has 2 fully saturated rings. The van der Waals surface area contributed by atoms with Crippen molar-refractivity contribution in [1.82, 2.24) is 24.6 Å². The Hall–Kier alpha value is -1.86. The number of benzene rings is 1. The van der Waals surface area contributed by atoms with E-state index in [2.05, 4.69) is 31.8 Å². The molecule has 2 heterocycles. The lowest BCUT2D eigenvalue weighted by molar-refractivity contribution is -0.129. The summed E-state index contributed by atoms with van der Waals surface area (Å²) in [5, 5.41) is 9.81. The highest BCUT2D eigenvalue weighted by atomic mass is 32.2. The Morgan fingerprint density at radius 1 is 1.03 bits per heavy atom. The normalized spacial score (nSPS) is 18.4. The summed E-state index contributed by atoms with van der Waals surface area (Å²) in [6.45, 7) is 3.04. The van der Waals surface area contributed by atoms with Gasteiger partial charge >= 0.3 is 0 Å². The van der Waals surface area contributed by atoms with E-state index in [1.54, 1.807) is 0 Å². The smallest absolute Gasteiger partial charge is 0.233 e. The second-order valence-electron chi connectivity index (χ2n) is 8.49. The Kier molecular flexibility index (Phi) is 7.44. The number of piperidine rings is 1. The van der Waals surface area contributed by atoms with Crippen molar-refractivity contribution in [3.8, 4) is 5.69 Å². The number of likely N-dealkylation sites (tertiary alicyclic amines) is 1. The Balaban J connectivity index is 1.47. The van der Waals surface area contributed by atoms with Crippen LogP contribution in [0.2, 0.25) is 0 Å². The Morgan fingerprint density at radius 3 is 2.47 bits per heavy atom. The number of para-hydroxylation sites is 1. The van der Waals surface area contributed by atoms with E-state index in [1.807, 2.05) is 30.1 Å². The highest BCUT2D eigenvalue weighted by Gasteiger charge is 2.24. The van der Waals surface area contributed by atoms with E-state index in [4.69, 9.17) is 0 Å². The van der Waals surface area contributed by atoms with Gasteiger partial charge in [0.05, 0.1) is 12.3 Å². The molecule has 0 N–H and O–H groups in total. The van der Waals surface area contributed by atoms with Gasteiger partial charge in [-0.15, -0.1) is 10.2 Å². The molecule has 1 aromatic heterocycles. The van der Waals surface area contributed by atoms with Gasteiger partial charge in [-0.25, -0.2) is 0 Å². The minimum Gasteiger partial charge on any atom is -0.342 e. The summed E-state index contributed by atoms with van der Waals surface area (Å²) in [5.41, 5.74) is 1.06. The second-order valence-corrected chi connectivity index (χ2v) is 9.43. The molecule has 1 aromatic carbocycles. The van der Waals surface area contributed by atoms with Gasteiger partial charge in [-0.05, 0) is 50.9 Å². The first-order chi connectivity index (χ1) is 14.7. The molecule has 1 aliphatic heterocycles. The molecular formula is C23H33N5OS. The molecule has 1 aliphatic carbocycles. The van der Waals surface area contributed by atoms with Crippen LogP contribution in [0.4, 0.5) is 0 Å². The van der Waals surface area contributed by atoms with E-state index in [1.165, 1.54) is 50.3 Å². The van der Waals surface area contributed by atoms with Crippen molar-refractivity contribution in [2.75, 3.05) is 25.9 Å². The highest BCUT2D eigenvalue weighted by Crippen LogP contribution is 2.26. The van der Waals surface area contributed by atoms with Crippen molar-refractivity contribution in [2.45, 2.75) is 69.1 Å². The Morgan fingerprint density at radius 2 is 1.73 bits per heavy atom. The number of hydrogen-bond acceptors (Lipinski definition) is 5. The monoisotopic (exact) mass is 427 g/mol. The minimum absolute atomic E-state index is 0.187. The van der Waals surface area contributed by atoms with Crippen LogP contribution in [-0.2, 0) is 11.3 Å². The van der Waals surface area contributed by atoms with Gasteiger partial charge in [0.15, 0.2) is 11.0 Å². The predicted octanol–water partition coefficient (Wildman–Crippen LogP) is 4.14. The summed E-state index contributed by atoms with van der Waals surface area (Å²) in [7, 11) is 1.96. The summed E-state index contributed by atoms with van der Waals surface area (Å²) in [6, 6.07) is 10.7. The molecule has 2 aliphatic rings. The Bertz CT molecular complexity index is 812. The van der Waals surface area contributed by atoms with E-state index in [0.717, 1.165) is 49.1 Å². The van der Waals surface area contributed by atoms with Crippen molar-refractivity contribution in [3.05, 3.63) is 36.2 Å². The molecule has 2 aromatic rings. The third-order valence-electron chi connectivity index (χ3n) is 6.37. The number of thioether (sulfide) groups is 1. The van der Waals surface area contributed by atoms with Gasteiger partial charge in [0.2, 0.25) is 5.91 Å². The first-order valence-corrected chi connectivity index (χ1v) is 12.3.